The summed E-state index contributed by atoms with van der Waals surface area (Å²) in [7, 11) is 1.64. The second-order valence-corrected chi connectivity index (χ2v) is 10.7. The molecule has 0 saturated heterocycles. The van der Waals surface area contributed by atoms with Gasteiger partial charge in [0.05, 0.1) is 0 Å². The molecular formula is C24H19N4O2SSe. The fourth-order valence-corrected chi connectivity index (χ4v) is 6.69. The molecule has 8 heteroatoms. The fourth-order valence-electron chi connectivity index (χ4n) is 4.94. The molecule has 1 unspecified atom stereocenters. The van der Waals surface area contributed by atoms with Gasteiger partial charge in [-0.05, 0) is 6.07 Å². The number of para-hydroxylation sites is 1. The molecule has 1 aromatic carbocycles. The van der Waals surface area contributed by atoms with Gasteiger partial charge in [0.25, 0.3) is 0 Å². The van der Waals surface area contributed by atoms with Crippen molar-refractivity contribution in [2.75, 3.05) is 7.05 Å². The Hall–Kier alpha value is -2.80. The van der Waals surface area contributed by atoms with E-state index < -0.39 is 5.92 Å². The molecule has 32 heavy (non-hydrogen) atoms. The van der Waals surface area contributed by atoms with Crippen molar-refractivity contribution < 1.29 is 9.59 Å². The standard InChI is InChI=1S/C24H19N4O2SSe/c1-24(2)16-8-4-6-13-14-7-5-9-25-19(14)28(18(13)16)22-17(24)11-12(31-22)10-15-20(29)26-23(32)27(3)21(15)30/h4-9,11,15H,10H2,1-3H3. The Morgan fingerprint density at radius 3 is 2.72 bits per heavy atom. The zero-order valence-electron chi connectivity index (χ0n) is 17.7. The average Bonchev–Trinajstić information content (AvgIpc) is 3.34. The number of hydrogen-bond acceptors (Lipinski definition) is 4. The summed E-state index contributed by atoms with van der Waals surface area (Å²) in [6, 6.07) is 12.7. The third kappa shape index (κ3) is 2.51. The van der Waals surface area contributed by atoms with Crippen LogP contribution in [-0.2, 0) is 21.4 Å². The van der Waals surface area contributed by atoms with Crippen molar-refractivity contribution >= 4 is 65.8 Å². The van der Waals surface area contributed by atoms with E-state index in [0.29, 0.717) is 11.2 Å². The normalized spacial score (nSPS) is 19.5. The summed E-state index contributed by atoms with van der Waals surface area (Å²) in [6.07, 6.45) is 2.17. The van der Waals surface area contributed by atoms with Crippen LogP contribution in [0, 0.1) is 5.92 Å². The third-order valence-corrected chi connectivity index (χ3v) is 8.60. The van der Waals surface area contributed by atoms with Crippen molar-refractivity contribution in [1.29, 1.82) is 0 Å². The summed E-state index contributed by atoms with van der Waals surface area (Å²) in [4.78, 5) is 36.5. The van der Waals surface area contributed by atoms with Crippen LogP contribution in [0.4, 0.5) is 0 Å². The molecule has 2 aliphatic rings. The topological polar surface area (TPSA) is 67.6 Å². The number of carbonyl (C=O) groups is 2. The molecule has 3 aromatic heterocycles. The molecule has 2 amide bonds. The van der Waals surface area contributed by atoms with Gasteiger partial charge in [-0.25, -0.2) is 0 Å². The minimum absolute atomic E-state index is 0.213. The molecule has 4 aromatic rings. The Labute approximate surface area is 196 Å². The van der Waals surface area contributed by atoms with Gasteiger partial charge in [0, 0.05) is 0 Å². The molecule has 6 nitrogen and oxygen atoms in total. The van der Waals surface area contributed by atoms with E-state index in [-0.39, 0.29) is 17.2 Å². The summed E-state index contributed by atoms with van der Waals surface area (Å²) in [6.45, 7) is 4.47. The van der Waals surface area contributed by atoms with Gasteiger partial charge in [0.1, 0.15) is 0 Å². The molecule has 159 valence electrons. The number of amides is 2. The van der Waals surface area contributed by atoms with E-state index in [1.165, 1.54) is 26.9 Å². The van der Waals surface area contributed by atoms with E-state index in [4.69, 9.17) is 4.98 Å². The minimum atomic E-state index is -0.790. The summed E-state index contributed by atoms with van der Waals surface area (Å²) in [5.74, 6) is -1.39. The van der Waals surface area contributed by atoms with E-state index in [2.05, 4.69) is 69.8 Å². The van der Waals surface area contributed by atoms with Crippen LogP contribution in [0.1, 0.15) is 29.9 Å². The van der Waals surface area contributed by atoms with Gasteiger partial charge in [0.2, 0.25) is 0 Å². The van der Waals surface area contributed by atoms with Gasteiger partial charge in [-0.3, -0.25) is 0 Å². The second kappa shape index (κ2) is 6.61. The number of aliphatic imine (C=N–C) groups is 1. The van der Waals surface area contributed by atoms with Gasteiger partial charge in [0.15, 0.2) is 0 Å². The molecule has 0 saturated carbocycles. The molecule has 0 aliphatic carbocycles. The van der Waals surface area contributed by atoms with Crippen molar-refractivity contribution in [1.82, 2.24) is 14.5 Å². The Balaban J connectivity index is 1.55. The number of pyridine rings is 1. The molecule has 0 fully saturated rings. The van der Waals surface area contributed by atoms with E-state index in [1.54, 1.807) is 18.4 Å². The van der Waals surface area contributed by atoms with Crippen LogP contribution in [0.3, 0.4) is 0 Å². The fraction of sp³-hybridized carbons (Fsp3) is 0.250. The first-order valence-corrected chi connectivity index (χ1v) is 12.1. The predicted molar refractivity (Wildman–Crippen MR) is 127 cm³/mol. The van der Waals surface area contributed by atoms with Gasteiger partial charge in [-0.15, -0.1) is 0 Å². The van der Waals surface area contributed by atoms with Crippen LogP contribution < -0.4 is 0 Å². The van der Waals surface area contributed by atoms with Crippen molar-refractivity contribution in [3.63, 3.8) is 0 Å². The van der Waals surface area contributed by atoms with Crippen LogP contribution in [0.5, 0.6) is 0 Å². The first-order chi connectivity index (χ1) is 15.3. The number of benzene rings is 1. The van der Waals surface area contributed by atoms with Crippen LogP contribution in [-0.4, -0.2) is 54.1 Å². The number of rotatable bonds is 2. The van der Waals surface area contributed by atoms with Crippen molar-refractivity contribution in [3.8, 4) is 5.00 Å². The molecule has 6 rings (SSSR count). The van der Waals surface area contributed by atoms with Gasteiger partial charge in [-0.1, -0.05) is 0 Å². The SMILES string of the molecule is CN1C(=O)C(Cc2cc3c(s2)-n2c4ncccc4c4cccc(c42)C3(C)C)C(=O)N=C1[Se]. The molecular weight excluding hydrogens is 487 g/mol. The van der Waals surface area contributed by atoms with E-state index in [0.717, 1.165) is 20.9 Å². The van der Waals surface area contributed by atoms with Gasteiger partial charge >= 0.3 is 191 Å². The number of carbonyl (C=O) groups excluding carboxylic acids is 2. The van der Waals surface area contributed by atoms with Gasteiger partial charge in [-0.2, -0.15) is 0 Å². The zero-order valence-corrected chi connectivity index (χ0v) is 20.3. The van der Waals surface area contributed by atoms with Crippen LogP contribution in [0.2, 0.25) is 0 Å². The Bertz CT molecular complexity index is 1510. The Morgan fingerprint density at radius 1 is 1.12 bits per heavy atom. The van der Waals surface area contributed by atoms with Crippen molar-refractivity contribution in [3.05, 3.63) is 58.6 Å². The van der Waals surface area contributed by atoms with Crippen molar-refractivity contribution in [2.45, 2.75) is 25.7 Å². The maximum atomic E-state index is 12.8. The maximum absolute atomic E-state index is 12.8. The number of fused-ring (bicyclic) bond motifs is 5. The van der Waals surface area contributed by atoms with E-state index >= 15 is 0 Å². The molecule has 1 radical (unpaired) electrons. The summed E-state index contributed by atoms with van der Waals surface area (Å²) in [5.41, 5.74) is 4.35. The number of thiophene rings is 1. The number of hydrogen-bond donors (Lipinski definition) is 0. The third-order valence-electron chi connectivity index (χ3n) is 6.69. The molecule has 0 N–H and O–H groups in total. The van der Waals surface area contributed by atoms with E-state index in [1.807, 2.05) is 12.3 Å². The predicted octanol–water partition coefficient (Wildman–Crippen LogP) is 3.56. The quantitative estimate of drug-likeness (QED) is 0.309. The van der Waals surface area contributed by atoms with Crippen LogP contribution in [0.25, 0.3) is 26.9 Å². The van der Waals surface area contributed by atoms with E-state index in [9.17, 15) is 9.59 Å². The zero-order chi connectivity index (χ0) is 22.4. The Morgan fingerprint density at radius 2 is 1.91 bits per heavy atom. The molecule has 1 atom stereocenters. The number of nitrogens with zero attached hydrogens (tertiary/aromatic N) is 4. The Kier molecular flexibility index (Phi) is 4.10. The first kappa shape index (κ1) is 19.9. The second-order valence-electron chi connectivity index (χ2n) is 8.85. The number of amidine groups is 1. The number of aromatic nitrogens is 2. The molecule has 0 spiro atoms. The summed E-state index contributed by atoms with van der Waals surface area (Å²) in [5, 5.41) is 3.43. The average molecular weight is 506 g/mol. The molecule has 5 heterocycles. The van der Waals surface area contributed by atoms with Crippen LogP contribution >= 0.6 is 11.3 Å². The molecule has 0 bridgehead atoms. The van der Waals surface area contributed by atoms with Crippen LogP contribution in [0.15, 0.2) is 47.6 Å². The summed E-state index contributed by atoms with van der Waals surface area (Å²) >= 11 is 4.32. The molecule has 2 aliphatic heterocycles. The van der Waals surface area contributed by atoms with Crippen molar-refractivity contribution in [2.24, 2.45) is 10.9 Å². The summed E-state index contributed by atoms with van der Waals surface area (Å²) < 4.78 is 2.58. The first-order valence-electron chi connectivity index (χ1n) is 10.4. The van der Waals surface area contributed by atoms with Gasteiger partial charge < -0.3 is 0 Å². The monoisotopic (exact) mass is 507 g/mol.